The van der Waals surface area contributed by atoms with Crippen molar-refractivity contribution in [1.29, 1.82) is 0 Å². The molecule has 1 aromatic carbocycles. The Balaban J connectivity index is 2.12. The van der Waals surface area contributed by atoms with Gasteiger partial charge in [0.1, 0.15) is 11.6 Å². The molecular formula is C17H20FN3O2. The van der Waals surface area contributed by atoms with Gasteiger partial charge in [-0.3, -0.25) is 4.79 Å². The first-order valence-electron chi connectivity index (χ1n) is 7.27. The molecule has 2 atom stereocenters. The Morgan fingerprint density at radius 3 is 2.52 bits per heavy atom. The predicted molar refractivity (Wildman–Crippen MR) is 86.9 cm³/mol. The molecule has 1 amide bonds. The molecule has 5 nitrogen and oxygen atoms in total. The number of carbonyl (C=O) groups is 1. The van der Waals surface area contributed by atoms with Gasteiger partial charge in [0.25, 0.3) is 5.91 Å². The molecule has 2 unspecified atom stereocenters. The second-order valence-corrected chi connectivity index (χ2v) is 5.53. The van der Waals surface area contributed by atoms with Gasteiger partial charge in [0, 0.05) is 20.3 Å². The minimum atomic E-state index is -0.931. The zero-order chi connectivity index (χ0) is 17.0. The Hall–Kier alpha value is -2.47. The standard InChI is InChI=1S/C17H20FN3O2/c1-11(15(22)12-6-8-13(18)9-7-12)20-17(23)14-5-4-10-19-16(14)21(2)3/h4-11,15,22H,1-3H3,(H,20,23). The fourth-order valence-electron chi connectivity index (χ4n) is 2.24. The number of nitrogens with one attached hydrogen (secondary N) is 1. The van der Waals surface area contributed by atoms with E-state index < -0.39 is 12.1 Å². The second kappa shape index (κ2) is 7.19. The third-order valence-corrected chi connectivity index (χ3v) is 3.50. The number of anilines is 1. The largest absolute Gasteiger partial charge is 0.386 e. The van der Waals surface area contributed by atoms with Crippen LogP contribution in [-0.4, -0.2) is 36.1 Å². The minimum absolute atomic E-state index is 0.324. The van der Waals surface area contributed by atoms with Crippen molar-refractivity contribution in [3.63, 3.8) is 0 Å². The van der Waals surface area contributed by atoms with Crippen LogP contribution in [-0.2, 0) is 0 Å². The van der Waals surface area contributed by atoms with Crippen LogP contribution in [0.4, 0.5) is 10.2 Å². The highest BCUT2D eigenvalue weighted by Crippen LogP contribution is 2.19. The van der Waals surface area contributed by atoms with E-state index in [1.54, 1.807) is 44.2 Å². The third kappa shape index (κ3) is 4.04. The van der Waals surface area contributed by atoms with Gasteiger partial charge in [0.2, 0.25) is 0 Å². The van der Waals surface area contributed by atoms with Gasteiger partial charge in [-0.1, -0.05) is 12.1 Å². The van der Waals surface area contributed by atoms with Crippen molar-refractivity contribution in [1.82, 2.24) is 10.3 Å². The lowest BCUT2D eigenvalue weighted by Crippen LogP contribution is -2.37. The molecule has 0 spiro atoms. The number of nitrogens with zero attached hydrogens (tertiary/aromatic N) is 2. The summed E-state index contributed by atoms with van der Waals surface area (Å²) in [6.07, 6.45) is 0.683. The number of pyridine rings is 1. The topological polar surface area (TPSA) is 65.5 Å². The van der Waals surface area contributed by atoms with E-state index in [1.165, 1.54) is 24.3 Å². The van der Waals surface area contributed by atoms with Crippen molar-refractivity contribution in [3.8, 4) is 0 Å². The van der Waals surface area contributed by atoms with Gasteiger partial charge in [0.15, 0.2) is 0 Å². The van der Waals surface area contributed by atoms with Crippen molar-refractivity contribution in [2.24, 2.45) is 0 Å². The summed E-state index contributed by atoms with van der Waals surface area (Å²) in [7, 11) is 3.60. The fraction of sp³-hybridized carbons (Fsp3) is 0.294. The van der Waals surface area contributed by atoms with Gasteiger partial charge in [-0.25, -0.2) is 9.37 Å². The van der Waals surface area contributed by atoms with Crippen LogP contribution < -0.4 is 10.2 Å². The molecule has 23 heavy (non-hydrogen) atoms. The number of hydrogen-bond donors (Lipinski definition) is 2. The molecule has 0 bridgehead atoms. The maximum atomic E-state index is 12.9. The van der Waals surface area contributed by atoms with Crippen LogP contribution in [0.25, 0.3) is 0 Å². The highest BCUT2D eigenvalue weighted by Gasteiger charge is 2.21. The summed E-state index contributed by atoms with van der Waals surface area (Å²) in [5.74, 6) is -0.146. The molecule has 122 valence electrons. The summed E-state index contributed by atoms with van der Waals surface area (Å²) < 4.78 is 12.9. The molecule has 2 N–H and O–H groups in total. The van der Waals surface area contributed by atoms with E-state index in [1.807, 2.05) is 0 Å². The van der Waals surface area contributed by atoms with Crippen LogP contribution in [0.2, 0.25) is 0 Å². The molecule has 0 saturated heterocycles. The Labute approximate surface area is 134 Å². The Bertz CT molecular complexity index is 674. The lowest BCUT2D eigenvalue weighted by molar-refractivity contribution is 0.0852. The minimum Gasteiger partial charge on any atom is -0.386 e. The van der Waals surface area contributed by atoms with Crippen LogP contribution >= 0.6 is 0 Å². The number of hydrogen-bond acceptors (Lipinski definition) is 4. The first-order chi connectivity index (χ1) is 10.9. The molecular weight excluding hydrogens is 297 g/mol. The number of amides is 1. The summed E-state index contributed by atoms with van der Waals surface area (Å²) >= 11 is 0. The zero-order valence-electron chi connectivity index (χ0n) is 13.3. The maximum Gasteiger partial charge on any atom is 0.255 e. The smallest absolute Gasteiger partial charge is 0.255 e. The summed E-state index contributed by atoms with van der Waals surface area (Å²) in [5, 5.41) is 13.0. The van der Waals surface area contributed by atoms with E-state index in [4.69, 9.17) is 0 Å². The van der Waals surface area contributed by atoms with Gasteiger partial charge in [0.05, 0.1) is 17.7 Å². The summed E-state index contributed by atoms with van der Waals surface area (Å²) in [6.45, 7) is 1.69. The fourth-order valence-corrected chi connectivity index (χ4v) is 2.24. The normalized spacial score (nSPS) is 13.3. The first-order valence-corrected chi connectivity index (χ1v) is 7.27. The molecule has 1 aromatic heterocycles. The highest BCUT2D eigenvalue weighted by atomic mass is 19.1. The molecule has 0 aliphatic heterocycles. The maximum absolute atomic E-state index is 12.9. The van der Waals surface area contributed by atoms with E-state index in [2.05, 4.69) is 10.3 Å². The monoisotopic (exact) mass is 317 g/mol. The summed E-state index contributed by atoms with van der Waals surface area (Å²) in [6, 6.07) is 8.37. The summed E-state index contributed by atoms with van der Waals surface area (Å²) in [4.78, 5) is 18.3. The number of carbonyl (C=O) groups excluding carboxylic acids is 1. The van der Waals surface area contributed by atoms with Gasteiger partial charge in [-0.05, 0) is 36.8 Å². The van der Waals surface area contributed by atoms with Gasteiger partial charge >= 0.3 is 0 Å². The van der Waals surface area contributed by atoms with E-state index in [0.717, 1.165) is 0 Å². The van der Waals surface area contributed by atoms with Gasteiger partial charge < -0.3 is 15.3 Å². The third-order valence-electron chi connectivity index (χ3n) is 3.50. The Morgan fingerprint density at radius 1 is 1.26 bits per heavy atom. The average molecular weight is 317 g/mol. The van der Waals surface area contributed by atoms with Crippen LogP contribution in [0, 0.1) is 5.82 Å². The average Bonchev–Trinajstić information content (AvgIpc) is 2.54. The second-order valence-electron chi connectivity index (χ2n) is 5.53. The van der Waals surface area contributed by atoms with E-state index in [-0.39, 0.29) is 11.7 Å². The van der Waals surface area contributed by atoms with Gasteiger partial charge in [-0.15, -0.1) is 0 Å². The predicted octanol–water partition coefficient (Wildman–Crippen LogP) is 2.14. The Morgan fingerprint density at radius 2 is 1.91 bits per heavy atom. The number of aliphatic hydroxyl groups excluding tert-OH is 1. The number of halogens is 1. The van der Waals surface area contributed by atoms with E-state index >= 15 is 0 Å². The van der Waals surface area contributed by atoms with Crippen LogP contribution in [0.15, 0.2) is 42.6 Å². The van der Waals surface area contributed by atoms with Crippen LogP contribution in [0.1, 0.15) is 28.9 Å². The molecule has 2 rings (SSSR count). The van der Waals surface area contributed by atoms with E-state index in [0.29, 0.717) is 16.9 Å². The zero-order valence-corrected chi connectivity index (χ0v) is 13.3. The van der Waals surface area contributed by atoms with E-state index in [9.17, 15) is 14.3 Å². The van der Waals surface area contributed by atoms with Crippen molar-refractivity contribution in [2.75, 3.05) is 19.0 Å². The number of benzene rings is 1. The van der Waals surface area contributed by atoms with Crippen LogP contribution in [0.5, 0.6) is 0 Å². The highest BCUT2D eigenvalue weighted by molar-refractivity contribution is 5.99. The molecule has 6 heteroatoms. The summed E-state index contributed by atoms with van der Waals surface area (Å²) in [5.41, 5.74) is 0.967. The SMILES string of the molecule is CC(NC(=O)c1cccnc1N(C)C)C(O)c1ccc(F)cc1. The quantitative estimate of drug-likeness (QED) is 0.887. The number of aliphatic hydroxyl groups is 1. The first kappa shape index (κ1) is 16.9. The molecule has 0 radical (unpaired) electrons. The molecule has 0 aliphatic carbocycles. The Kier molecular flexibility index (Phi) is 5.28. The molecule has 0 aliphatic rings. The van der Waals surface area contributed by atoms with Crippen molar-refractivity contribution >= 4 is 11.7 Å². The lowest BCUT2D eigenvalue weighted by Gasteiger charge is -2.22. The number of aromatic nitrogens is 1. The molecule has 2 aromatic rings. The molecule has 0 fully saturated rings. The van der Waals surface area contributed by atoms with Crippen molar-refractivity contribution < 1.29 is 14.3 Å². The van der Waals surface area contributed by atoms with Crippen molar-refractivity contribution in [2.45, 2.75) is 19.1 Å². The molecule has 1 heterocycles. The van der Waals surface area contributed by atoms with Gasteiger partial charge in [-0.2, -0.15) is 0 Å². The lowest BCUT2D eigenvalue weighted by atomic mass is 10.0. The number of rotatable bonds is 5. The van der Waals surface area contributed by atoms with Crippen molar-refractivity contribution in [3.05, 3.63) is 59.5 Å². The molecule has 0 saturated carbocycles. The van der Waals surface area contributed by atoms with Crippen LogP contribution in [0.3, 0.4) is 0 Å².